The van der Waals surface area contributed by atoms with Gasteiger partial charge in [0.25, 0.3) is 5.91 Å². The van der Waals surface area contributed by atoms with Gasteiger partial charge in [-0.3, -0.25) is 10.1 Å². The second kappa shape index (κ2) is 8.29. The predicted molar refractivity (Wildman–Crippen MR) is 89.0 cm³/mol. The first-order valence-electron chi connectivity index (χ1n) is 7.79. The van der Waals surface area contributed by atoms with Crippen molar-refractivity contribution in [2.75, 3.05) is 13.7 Å². The van der Waals surface area contributed by atoms with E-state index < -0.39 is 24.0 Å². The Labute approximate surface area is 144 Å². The number of benzene rings is 1. The molecule has 1 heterocycles. The van der Waals surface area contributed by atoms with Crippen LogP contribution in [-0.4, -0.2) is 37.7 Å². The lowest BCUT2D eigenvalue weighted by atomic mass is 10.1. The lowest BCUT2D eigenvalue weighted by Crippen LogP contribution is -2.43. The molecule has 2 N–H and O–H groups in total. The van der Waals surface area contributed by atoms with Crippen molar-refractivity contribution in [1.29, 1.82) is 0 Å². The van der Waals surface area contributed by atoms with Crippen molar-refractivity contribution >= 4 is 28.9 Å². The molecule has 0 bridgehead atoms. The summed E-state index contributed by atoms with van der Waals surface area (Å²) in [4.78, 5) is 35.4. The minimum atomic E-state index is -1.17. The molecule has 25 heavy (non-hydrogen) atoms. The molecule has 0 unspecified atom stereocenters. The Bertz CT molecular complexity index is 783. The Balaban J connectivity index is 2.20. The molecule has 0 saturated carbocycles. The monoisotopic (exact) mass is 348 g/mol. The zero-order chi connectivity index (χ0) is 18.4. The number of imide groups is 1. The van der Waals surface area contributed by atoms with E-state index in [4.69, 9.17) is 13.9 Å². The number of rotatable bonds is 6. The van der Waals surface area contributed by atoms with Gasteiger partial charge in [-0.05, 0) is 19.9 Å². The third kappa shape index (κ3) is 4.36. The lowest BCUT2D eigenvalue weighted by molar-refractivity contribution is -0.128. The number of ether oxygens (including phenoxy) is 2. The van der Waals surface area contributed by atoms with Crippen LogP contribution in [0.15, 0.2) is 28.7 Å². The molecule has 2 rings (SSSR count). The molecule has 3 amide bonds. The zero-order valence-electron chi connectivity index (χ0n) is 14.3. The summed E-state index contributed by atoms with van der Waals surface area (Å²) in [6.45, 7) is 3.85. The third-order valence-electron chi connectivity index (χ3n) is 3.45. The highest BCUT2D eigenvalue weighted by molar-refractivity contribution is 5.99. The Hall–Kier alpha value is -2.87. The Morgan fingerprint density at radius 3 is 2.64 bits per heavy atom. The summed E-state index contributed by atoms with van der Waals surface area (Å²) < 4.78 is 16.1. The average Bonchev–Trinajstić information content (AvgIpc) is 2.98. The van der Waals surface area contributed by atoms with Gasteiger partial charge in [0.2, 0.25) is 5.76 Å². The van der Waals surface area contributed by atoms with Gasteiger partial charge in [-0.25, -0.2) is 9.59 Å². The summed E-state index contributed by atoms with van der Waals surface area (Å²) in [6, 6.07) is 6.45. The number of para-hydroxylation sites is 1. The van der Waals surface area contributed by atoms with Crippen LogP contribution in [0.3, 0.4) is 0 Å². The number of esters is 1. The maximum Gasteiger partial charge on any atom is 0.375 e. The molecule has 0 aliphatic heterocycles. The van der Waals surface area contributed by atoms with Gasteiger partial charge in [-0.2, -0.15) is 0 Å². The normalized spacial score (nSPS) is 11.8. The van der Waals surface area contributed by atoms with Crippen molar-refractivity contribution in [3.63, 3.8) is 0 Å². The van der Waals surface area contributed by atoms with Crippen molar-refractivity contribution in [2.24, 2.45) is 0 Å². The van der Waals surface area contributed by atoms with Crippen LogP contribution in [0.1, 0.15) is 30.0 Å². The van der Waals surface area contributed by atoms with Gasteiger partial charge in [0.15, 0.2) is 6.10 Å². The fraction of sp³-hybridized carbons (Fsp3) is 0.353. The van der Waals surface area contributed by atoms with Gasteiger partial charge < -0.3 is 19.2 Å². The number of amides is 3. The minimum absolute atomic E-state index is 0.0192. The molecule has 0 aliphatic carbocycles. The molecule has 0 saturated heterocycles. The second-order valence-electron chi connectivity index (χ2n) is 5.16. The van der Waals surface area contributed by atoms with Crippen molar-refractivity contribution in [3.05, 3.63) is 35.6 Å². The maximum atomic E-state index is 12.4. The van der Waals surface area contributed by atoms with E-state index in [0.717, 1.165) is 5.39 Å². The summed E-state index contributed by atoms with van der Waals surface area (Å²) in [7, 11) is 1.37. The summed E-state index contributed by atoms with van der Waals surface area (Å²) in [5.74, 6) is -1.56. The standard InChI is InChI=1S/C17H20N2O6/c1-4-23-9-12-11-7-5-6-8-13(11)25-14(12)16(21)24-10(2)15(20)19-17(22)18-3/h5-8,10H,4,9H2,1-3H3,(H2,18,19,20,22)/t10-/m1/s1. The molecule has 1 atom stereocenters. The minimum Gasteiger partial charge on any atom is -0.449 e. The Morgan fingerprint density at radius 2 is 1.96 bits per heavy atom. The van der Waals surface area contributed by atoms with E-state index in [1.54, 1.807) is 12.1 Å². The zero-order valence-corrected chi connectivity index (χ0v) is 14.3. The Kier molecular flexibility index (Phi) is 6.13. The van der Waals surface area contributed by atoms with Crippen LogP contribution in [-0.2, 0) is 20.9 Å². The third-order valence-corrected chi connectivity index (χ3v) is 3.45. The average molecular weight is 348 g/mol. The van der Waals surface area contributed by atoms with Crippen LogP contribution >= 0.6 is 0 Å². The van der Waals surface area contributed by atoms with Gasteiger partial charge in [-0.1, -0.05) is 18.2 Å². The lowest BCUT2D eigenvalue weighted by Gasteiger charge is -2.12. The van der Waals surface area contributed by atoms with E-state index in [0.29, 0.717) is 17.8 Å². The maximum absolute atomic E-state index is 12.4. The van der Waals surface area contributed by atoms with Gasteiger partial charge in [0, 0.05) is 24.6 Å². The number of urea groups is 1. The van der Waals surface area contributed by atoms with E-state index in [2.05, 4.69) is 5.32 Å². The topological polar surface area (TPSA) is 107 Å². The Morgan fingerprint density at radius 1 is 1.24 bits per heavy atom. The van der Waals surface area contributed by atoms with E-state index in [-0.39, 0.29) is 12.4 Å². The largest absolute Gasteiger partial charge is 0.449 e. The molecular weight excluding hydrogens is 328 g/mol. The van der Waals surface area contributed by atoms with Crippen LogP contribution in [0, 0.1) is 0 Å². The SMILES string of the molecule is CCOCc1c(C(=O)O[C@H](C)C(=O)NC(=O)NC)oc2ccccc12. The molecule has 0 aliphatic rings. The highest BCUT2D eigenvalue weighted by Crippen LogP contribution is 2.27. The van der Waals surface area contributed by atoms with Crippen molar-refractivity contribution in [3.8, 4) is 0 Å². The first-order chi connectivity index (χ1) is 12.0. The van der Waals surface area contributed by atoms with Crippen LogP contribution in [0.5, 0.6) is 0 Å². The highest BCUT2D eigenvalue weighted by atomic mass is 16.6. The number of fused-ring (bicyclic) bond motifs is 1. The molecule has 1 aromatic heterocycles. The van der Waals surface area contributed by atoms with E-state index in [1.165, 1.54) is 14.0 Å². The van der Waals surface area contributed by atoms with Gasteiger partial charge in [-0.15, -0.1) is 0 Å². The number of nitrogens with one attached hydrogen (secondary N) is 2. The molecule has 0 radical (unpaired) electrons. The van der Waals surface area contributed by atoms with Crippen molar-refractivity contribution in [2.45, 2.75) is 26.6 Å². The van der Waals surface area contributed by atoms with E-state index >= 15 is 0 Å². The molecule has 1 aromatic carbocycles. The van der Waals surface area contributed by atoms with Gasteiger partial charge in [0.05, 0.1) is 6.61 Å². The predicted octanol–water partition coefficient (Wildman–Crippen LogP) is 1.97. The molecule has 8 heteroatoms. The van der Waals surface area contributed by atoms with Crippen LogP contribution in [0.2, 0.25) is 0 Å². The molecule has 2 aromatic rings. The summed E-state index contributed by atoms with van der Waals surface area (Å²) in [6.07, 6.45) is -1.17. The van der Waals surface area contributed by atoms with Crippen molar-refractivity contribution in [1.82, 2.24) is 10.6 Å². The smallest absolute Gasteiger partial charge is 0.375 e. The van der Waals surface area contributed by atoms with Crippen LogP contribution < -0.4 is 10.6 Å². The molecule has 134 valence electrons. The van der Waals surface area contributed by atoms with E-state index in [1.807, 2.05) is 24.4 Å². The summed E-state index contributed by atoms with van der Waals surface area (Å²) in [5, 5.41) is 5.02. The molecule has 0 fully saturated rings. The van der Waals surface area contributed by atoms with Gasteiger partial charge >= 0.3 is 12.0 Å². The quantitative estimate of drug-likeness (QED) is 0.773. The first kappa shape index (κ1) is 18.5. The molecule has 0 spiro atoms. The fourth-order valence-corrected chi connectivity index (χ4v) is 2.15. The fourth-order valence-electron chi connectivity index (χ4n) is 2.15. The number of hydrogen-bond donors (Lipinski definition) is 2. The molecular formula is C17H20N2O6. The van der Waals surface area contributed by atoms with E-state index in [9.17, 15) is 14.4 Å². The van der Waals surface area contributed by atoms with Gasteiger partial charge in [0.1, 0.15) is 5.58 Å². The number of carbonyl (C=O) groups excluding carboxylic acids is 3. The summed E-state index contributed by atoms with van der Waals surface area (Å²) >= 11 is 0. The number of furan rings is 1. The first-order valence-corrected chi connectivity index (χ1v) is 7.79. The second-order valence-corrected chi connectivity index (χ2v) is 5.16. The highest BCUT2D eigenvalue weighted by Gasteiger charge is 2.26. The number of carbonyl (C=O) groups is 3. The van der Waals surface area contributed by atoms with Crippen molar-refractivity contribution < 1.29 is 28.3 Å². The van der Waals surface area contributed by atoms with Crippen LogP contribution in [0.4, 0.5) is 4.79 Å². The number of hydrogen-bond acceptors (Lipinski definition) is 6. The summed E-state index contributed by atoms with van der Waals surface area (Å²) in [5.41, 5.74) is 1.08. The van der Waals surface area contributed by atoms with Crippen LogP contribution in [0.25, 0.3) is 11.0 Å². The molecule has 8 nitrogen and oxygen atoms in total.